The van der Waals surface area contributed by atoms with Crippen LogP contribution in [-0.4, -0.2) is 51.8 Å². The van der Waals surface area contributed by atoms with E-state index in [0.717, 1.165) is 42.4 Å². The molecule has 5 nitrogen and oxygen atoms in total. The SMILES string of the molecule is I.NC(=NCCc1ccn(-c2ccc(F)cc2)n1)N1CCSCC1. The molecule has 0 atom stereocenters. The second kappa shape index (κ2) is 9.26. The molecule has 0 spiro atoms. The Morgan fingerprint density at radius 1 is 1.21 bits per heavy atom. The van der Waals surface area contributed by atoms with Crippen LogP contribution >= 0.6 is 35.7 Å². The number of guanidine groups is 1. The van der Waals surface area contributed by atoms with E-state index in [4.69, 9.17) is 5.73 Å². The van der Waals surface area contributed by atoms with Crippen molar-refractivity contribution >= 4 is 41.7 Å². The van der Waals surface area contributed by atoms with Gasteiger partial charge >= 0.3 is 0 Å². The third-order valence-corrected chi connectivity index (χ3v) is 4.65. The van der Waals surface area contributed by atoms with Crippen LogP contribution in [0.3, 0.4) is 0 Å². The van der Waals surface area contributed by atoms with Crippen molar-refractivity contribution in [3.8, 4) is 5.69 Å². The molecule has 8 heteroatoms. The topological polar surface area (TPSA) is 59.4 Å². The minimum atomic E-state index is -0.248. The van der Waals surface area contributed by atoms with Crippen LogP contribution in [0.5, 0.6) is 0 Å². The maximum atomic E-state index is 12.9. The molecule has 3 rings (SSSR count). The van der Waals surface area contributed by atoms with Gasteiger partial charge in [0.15, 0.2) is 5.96 Å². The first-order chi connectivity index (χ1) is 11.2. The predicted octanol–water partition coefficient (Wildman–Crippen LogP) is 2.54. The fourth-order valence-electron chi connectivity index (χ4n) is 2.41. The smallest absolute Gasteiger partial charge is 0.191 e. The van der Waals surface area contributed by atoms with Gasteiger partial charge in [-0.25, -0.2) is 9.07 Å². The van der Waals surface area contributed by atoms with Gasteiger partial charge in [-0.1, -0.05) is 0 Å². The molecule has 1 saturated heterocycles. The molecule has 0 saturated carbocycles. The molecule has 1 aliphatic rings. The average Bonchev–Trinajstić information content (AvgIpc) is 3.05. The van der Waals surface area contributed by atoms with Gasteiger partial charge in [-0.2, -0.15) is 16.9 Å². The van der Waals surface area contributed by atoms with Gasteiger partial charge in [0, 0.05) is 43.8 Å². The number of nitrogens with zero attached hydrogens (tertiary/aromatic N) is 4. The Morgan fingerprint density at radius 3 is 2.62 bits per heavy atom. The molecular formula is C16H21FIN5S. The van der Waals surface area contributed by atoms with E-state index < -0.39 is 0 Å². The van der Waals surface area contributed by atoms with Crippen LogP contribution in [0.2, 0.25) is 0 Å². The zero-order chi connectivity index (χ0) is 16.1. The van der Waals surface area contributed by atoms with Crippen molar-refractivity contribution in [3.63, 3.8) is 0 Å². The van der Waals surface area contributed by atoms with Gasteiger partial charge < -0.3 is 10.6 Å². The number of aliphatic imine (C=N–C) groups is 1. The Balaban J connectivity index is 0.00000208. The highest BCUT2D eigenvalue weighted by Crippen LogP contribution is 2.10. The highest BCUT2D eigenvalue weighted by molar-refractivity contribution is 14.0. The quantitative estimate of drug-likeness (QED) is 0.432. The Bertz CT molecular complexity index is 667. The van der Waals surface area contributed by atoms with Crippen molar-refractivity contribution in [2.24, 2.45) is 10.7 Å². The number of halogens is 2. The monoisotopic (exact) mass is 461 g/mol. The van der Waals surface area contributed by atoms with E-state index in [9.17, 15) is 4.39 Å². The third kappa shape index (κ3) is 5.10. The molecule has 0 unspecified atom stereocenters. The van der Waals surface area contributed by atoms with Gasteiger partial charge in [0.05, 0.1) is 11.4 Å². The van der Waals surface area contributed by atoms with Crippen LogP contribution in [0, 0.1) is 5.82 Å². The summed E-state index contributed by atoms with van der Waals surface area (Å²) in [5, 5.41) is 4.49. The summed E-state index contributed by atoms with van der Waals surface area (Å²) in [7, 11) is 0. The number of thioether (sulfide) groups is 1. The Kier molecular flexibility index (Phi) is 7.35. The standard InChI is InChI=1S/C16H20FN5S.HI/c17-13-1-3-15(4-2-13)22-8-6-14(20-22)5-7-19-16(18)21-9-11-23-12-10-21;/h1-4,6,8H,5,7,9-12H2,(H2,18,19);1H. The van der Waals surface area contributed by atoms with Crippen LogP contribution in [0.4, 0.5) is 4.39 Å². The van der Waals surface area contributed by atoms with Gasteiger partial charge in [0.25, 0.3) is 0 Å². The minimum Gasteiger partial charge on any atom is -0.370 e. The van der Waals surface area contributed by atoms with Crippen molar-refractivity contribution in [1.82, 2.24) is 14.7 Å². The fraction of sp³-hybridized carbons (Fsp3) is 0.375. The second-order valence-electron chi connectivity index (χ2n) is 5.32. The molecule has 2 heterocycles. The summed E-state index contributed by atoms with van der Waals surface area (Å²) in [4.78, 5) is 6.58. The van der Waals surface area contributed by atoms with Gasteiger partial charge in [-0.15, -0.1) is 24.0 Å². The molecule has 1 fully saturated rings. The molecule has 1 aliphatic heterocycles. The Morgan fingerprint density at radius 2 is 1.92 bits per heavy atom. The molecule has 2 aromatic rings. The van der Waals surface area contributed by atoms with Crippen LogP contribution < -0.4 is 5.73 Å². The summed E-state index contributed by atoms with van der Waals surface area (Å²) in [6.45, 7) is 2.56. The summed E-state index contributed by atoms with van der Waals surface area (Å²) < 4.78 is 14.7. The number of benzene rings is 1. The van der Waals surface area contributed by atoms with E-state index in [1.165, 1.54) is 12.1 Å². The number of hydrogen-bond acceptors (Lipinski definition) is 3. The maximum Gasteiger partial charge on any atom is 0.191 e. The van der Waals surface area contributed by atoms with E-state index in [1.807, 2.05) is 24.0 Å². The van der Waals surface area contributed by atoms with Gasteiger partial charge in [0.1, 0.15) is 5.82 Å². The average molecular weight is 461 g/mol. The van der Waals surface area contributed by atoms with E-state index in [2.05, 4.69) is 15.0 Å². The van der Waals surface area contributed by atoms with Crippen LogP contribution in [-0.2, 0) is 6.42 Å². The lowest BCUT2D eigenvalue weighted by atomic mass is 10.3. The Hall–Kier alpha value is -1.29. The van der Waals surface area contributed by atoms with Crippen molar-refractivity contribution in [3.05, 3.63) is 48.0 Å². The summed E-state index contributed by atoms with van der Waals surface area (Å²) >= 11 is 1.95. The van der Waals surface area contributed by atoms with Crippen LogP contribution in [0.15, 0.2) is 41.5 Å². The van der Waals surface area contributed by atoms with E-state index in [-0.39, 0.29) is 29.8 Å². The fourth-order valence-corrected chi connectivity index (χ4v) is 3.31. The molecule has 24 heavy (non-hydrogen) atoms. The van der Waals surface area contributed by atoms with E-state index in [0.29, 0.717) is 12.5 Å². The lowest BCUT2D eigenvalue weighted by molar-refractivity contribution is 0.456. The first-order valence-electron chi connectivity index (χ1n) is 7.65. The molecule has 1 aromatic heterocycles. The lowest BCUT2D eigenvalue weighted by Crippen LogP contribution is -2.42. The Labute approximate surface area is 162 Å². The zero-order valence-corrected chi connectivity index (χ0v) is 16.4. The summed E-state index contributed by atoms with van der Waals surface area (Å²) in [6.07, 6.45) is 2.61. The summed E-state index contributed by atoms with van der Waals surface area (Å²) in [6, 6.07) is 8.22. The van der Waals surface area contributed by atoms with Crippen LogP contribution in [0.25, 0.3) is 5.69 Å². The zero-order valence-electron chi connectivity index (χ0n) is 13.3. The number of aromatic nitrogens is 2. The number of nitrogens with two attached hydrogens (primary N) is 1. The molecule has 130 valence electrons. The van der Waals surface area contributed by atoms with Crippen LogP contribution in [0.1, 0.15) is 5.69 Å². The minimum absolute atomic E-state index is 0. The molecule has 2 N–H and O–H groups in total. The first kappa shape index (κ1) is 19.0. The summed E-state index contributed by atoms with van der Waals surface area (Å²) in [5.74, 6) is 2.60. The van der Waals surface area contributed by atoms with Crippen molar-refractivity contribution in [2.75, 3.05) is 31.1 Å². The molecule has 0 bridgehead atoms. The summed E-state index contributed by atoms with van der Waals surface area (Å²) in [5.41, 5.74) is 7.81. The lowest BCUT2D eigenvalue weighted by Gasteiger charge is -2.27. The van der Waals surface area contributed by atoms with Crippen molar-refractivity contribution < 1.29 is 4.39 Å². The van der Waals surface area contributed by atoms with Gasteiger partial charge in [-0.05, 0) is 30.3 Å². The predicted molar refractivity (Wildman–Crippen MR) is 108 cm³/mol. The molecule has 1 aromatic carbocycles. The maximum absolute atomic E-state index is 12.9. The normalized spacial score (nSPS) is 15.2. The molecule has 0 amide bonds. The molecule has 0 radical (unpaired) electrons. The first-order valence-corrected chi connectivity index (χ1v) is 8.81. The van der Waals surface area contributed by atoms with E-state index in [1.54, 1.807) is 16.8 Å². The molecular weight excluding hydrogens is 440 g/mol. The van der Waals surface area contributed by atoms with Crippen molar-refractivity contribution in [1.29, 1.82) is 0 Å². The van der Waals surface area contributed by atoms with Gasteiger partial charge in [-0.3, -0.25) is 4.99 Å². The highest BCUT2D eigenvalue weighted by Gasteiger charge is 2.11. The van der Waals surface area contributed by atoms with E-state index >= 15 is 0 Å². The van der Waals surface area contributed by atoms with Crippen molar-refractivity contribution in [2.45, 2.75) is 6.42 Å². The number of rotatable bonds is 4. The molecule has 0 aliphatic carbocycles. The largest absolute Gasteiger partial charge is 0.370 e. The third-order valence-electron chi connectivity index (χ3n) is 3.71. The highest BCUT2D eigenvalue weighted by atomic mass is 127. The van der Waals surface area contributed by atoms with Gasteiger partial charge in [0.2, 0.25) is 0 Å². The second-order valence-corrected chi connectivity index (χ2v) is 6.54. The number of hydrogen-bond donors (Lipinski definition) is 1.